The van der Waals surface area contributed by atoms with Gasteiger partial charge in [-0.25, -0.2) is 4.98 Å². The molecule has 0 fully saturated rings. The van der Waals surface area contributed by atoms with E-state index in [0.717, 1.165) is 6.07 Å². The SMILES string of the molecule is COc1ccc(NC(=O)CC(O)(c2ccc(C)o2)C(F)(F)F)cn1. The van der Waals surface area contributed by atoms with Crippen LogP contribution in [0.1, 0.15) is 17.9 Å². The number of ether oxygens (including phenoxy) is 1. The number of furan rings is 1. The highest BCUT2D eigenvalue weighted by molar-refractivity contribution is 5.91. The lowest BCUT2D eigenvalue weighted by Crippen LogP contribution is -2.44. The molecule has 9 heteroatoms. The van der Waals surface area contributed by atoms with Gasteiger partial charge in [-0.1, -0.05) is 0 Å². The molecule has 0 radical (unpaired) electrons. The Hall–Kier alpha value is -2.55. The Morgan fingerprint density at radius 1 is 1.33 bits per heavy atom. The molecule has 0 aromatic carbocycles. The molecule has 1 amide bonds. The molecule has 0 aliphatic heterocycles. The molecule has 0 saturated carbocycles. The Kier molecular flexibility index (Phi) is 4.83. The van der Waals surface area contributed by atoms with Gasteiger partial charge in [0.15, 0.2) is 0 Å². The van der Waals surface area contributed by atoms with Crippen LogP contribution in [0.25, 0.3) is 0 Å². The number of methoxy groups -OCH3 is 1. The van der Waals surface area contributed by atoms with E-state index in [4.69, 9.17) is 9.15 Å². The number of aryl methyl sites for hydroxylation is 1. The number of amides is 1. The van der Waals surface area contributed by atoms with Crippen molar-refractivity contribution in [3.8, 4) is 5.88 Å². The van der Waals surface area contributed by atoms with Crippen molar-refractivity contribution < 1.29 is 32.2 Å². The Morgan fingerprint density at radius 3 is 2.50 bits per heavy atom. The van der Waals surface area contributed by atoms with Gasteiger partial charge in [0.25, 0.3) is 0 Å². The number of anilines is 1. The van der Waals surface area contributed by atoms with Crippen molar-refractivity contribution in [2.24, 2.45) is 0 Å². The quantitative estimate of drug-likeness (QED) is 0.871. The summed E-state index contributed by atoms with van der Waals surface area (Å²) in [6.07, 6.45) is -5.12. The van der Waals surface area contributed by atoms with Crippen molar-refractivity contribution in [1.82, 2.24) is 4.98 Å². The number of nitrogens with one attached hydrogen (secondary N) is 1. The molecule has 24 heavy (non-hydrogen) atoms. The average Bonchev–Trinajstić information content (AvgIpc) is 2.93. The maximum atomic E-state index is 13.3. The van der Waals surface area contributed by atoms with E-state index in [-0.39, 0.29) is 17.3 Å². The van der Waals surface area contributed by atoms with Crippen LogP contribution >= 0.6 is 0 Å². The van der Waals surface area contributed by atoms with Gasteiger partial charge in [-0.05, 0) is 25.1 Å². The monoisotopic (exact) mass is 344 g/mol. The van der Waals surface area contributed by atoms with Crippen LogP contribution in [0.3, 0.4) is 0 Å². The van der Waals surface area contributed by atoms with Crippen molar-refractivity contribution in [2.45, 2.75) is 25.1 Å². The zero-order valence-corrected chi connectivity index (χ0v) is 12.8. The Morgan fingerprint density at radius 2 is 2.04 bits per heavy atom. The summed E-state index contributed by atoms with van der Waals surface area (Å²) in [5.74, 6) is -1.32. The van der Waals surface area contributed by atoms with Gasteiger partial charge in [0.2, 0.25) is 17.4 Å². The summed E-state index contributed by atoms with van der Waals surface area (Å²) in [5.41, 5.74) is -3.26. The molecule has 0 aliphatic carbocycles. The molecule has 1 unspecified atom stereocenters. The third-order valence-corrected chi connectivity index (χ3v) is 3.26. The summed E-state index contributed by atoms with van der Waals surface area (Å²) in [6.45, 7) is 1.43. The lowest BCUT2D eigenvalue weighted by molar-refractivity contribution is -0.272. The zero-order valence-electron chi connectivity index (χ0n) is 12.8. The van der Waals surface area contributed by atoms with E-state index in [2.05, 4.69) is 10.3 Å². The molecule has 0 spiro atoms. The number of aromatic nitrogens is 1. The summed E-state index contributed by atoms with van der Waals surface area (Å²) >= 11 is 0. The topological polar surface area (TPSA) is 84.6 Å². The van der Waals surface area contributed by atoms with Crippen molar-refractivity contribution in [2.75, 3.05) is 12.4 Å². The maximum absolute atomic E-state index is 13.3. The van der Waals surface area contributed by atoms with Gasteiger partial charge in [0.05, 0.1) is 25.4 Å². The molecule has 0 saturated heterocycles. The van der Waals surface area contributed by atoms with E-state index in [1.807, 2.05) is 0 Å². The molecule has 6 nitrogen and oxygen atoms in total. The van der Waals surface area contributed by atoms with E-state index in [1.165, 1.54) is 38.4 Å². The second-order valence-corrected chi connectivity index (χ2v) is 5.08. The minimum atomic E-state index is -5.09. The van der Waals surface area contributed by atoms with E-state index in [0.29, 0.717) is 0 Å². The van der Waals surface area contributed by atoms with E-state index < -0.39 is 29.9 Å². The van der Waals surface area contributed by atoms with E-state index in [1.54, 1.807) is 0 Å². The highest BCUT2D eigenvalue weighted by atomic mass is 19.4. The number of hydrogen-bond donors (Lipinski definition) is 2. The van der Waals surface area contributed by atoms with Crippen molar-refractivity contribution in [1.29, 1.82) is 0 Å². The summed E-state index contributed by atoms with van der Waals surface area (Å²) < 4.78 is 49.5. The van der Waals surface area contributed by atoms with Crippen molar-refractivity contribution in [3.05, 3.63) is 42.0 Å². The largest absolute Gasteiger partial charge is 0.481 e. The van der Waals surface area contributed by atoms with Crippen LogP contribution in [0.15, 0.2) is 34.9 Å². The molecule has 2 aromatic rings. The van der Waals surface area contributed by atoms with Crippen LogP contribution in [-0.4, -0.2) is 29.3 Å². The van der Waals surface area contributed by atoms with Crippen LogP contribution < -0.4 is 10.1 Å². The fraction of sp³-hybridized carbons (Fsp3) is 0.333. The van der Waals surface area contributed by atoms with Gasteiger partial charge in [-0.15, -0.1) is 0 Å². The first-order chi connectivity index (χ1) is 11.2. The highest BCUT2D eigenvalue weighted by Crippen LogP contribution is 2.42. The Balaban J connectivity index is 2.18. The first-order valence-electron chi connectivity index (χ1n) is 6.81. The van der Waals surface area contributed by atoms with Crippen LogP contribution in [-0.2, 0) is 10.4 Å². The molecule has 2 aromatic heterocycles. The Bertz CT molecular complexity index is 712. The molecular formula is C15H15F3N2O4. The molecule has 0 bridgehead atoms. The molecule has 2 heterocycles. The van der Waals surface area contributed by atoms with Crippen molar-refractivity contribution >= 4 is 11.6 Å². The fourth-order valence-corrected chi connectivity index (χ4v) is 2.00. The second kappa shape index (κ2) is 6.52. The summed E-state index contributed by atoms with van der Waals surface area (Å²) in [7, 11) is 1.40. The lowest BCUT2D eigenvalue weighted by Gasteiger charge is -2.27. The predicted molar refractivity (Wildman–Crippen MR) is 77.4 cm³/mol. The Labute approximate surface area is 135 Å². The van der Waals surface area contributed by atoms with Gasteiger partial charge in [-0.3, -0.25) is 4.79 Å². The molecule has 1 atom stereocenters. The van der Waals surface area contributed by atoms with Gasteiger partial charge in [0, 0.05) is 6.07 Å². The number of halogens is 3. The number of carbonyl (C=O) groups excluding carboxylic acids is 1. The second-order valence-electron chi connectivity index (χ2n) is 5.08. The number of nitrogens with zero attached hydrogens (tertiary/aromatic N) is 1. The fourth-order valence-electron chi connectivity index (χ4n) is 2.00. The van der Waals surface area contributed by atoms with Crippen LogP contribution in [0.2, 0.25) is 0 Å². The third kappa shape index (κ3) is 3.67. The summed E-state index contributed by atoms with van der Waals surface area (Å²) in [4.78, 5) is 15.8. The number of hydrogen-bond acceptors (Lipinski definition) is 5. The number of pyridine rings is 1. The standard InChI is InChI=1S/C15H15F3N2O4/c1-9-3-5-11(24-9)14(22,15(16,17)18)7-12(21)20-10-4-6-13(23-2)19-8-10/h3-6,8,22H,7H2,1-2H3,(H,20,21). The molecular weight excluding hydrogens is 329 g/mol. The molecule has 0 aliphatic rings. The van der Waals surface area contributed by atoms with Crippen LogP contribution in [0, 0.1) is 6.92 Å². The van der Waals surface area contributed by atoms with E-state index in [9.17, 15) is 23.1 Å². The van der Waals surface area contributed by atoms with Crippen LogP contribution in [0.5, 0.6) is 5.88 Å². The normalized spacial score (nSPS) is 14.1. The smallest absolute Gasteiger partial charge is 0.425 e. The van der Waals surface area contributed by atoms with Crippen molar-refractivity contribution in [3.63, 3.8) is 0 Å². The number of carbonyl (C=O) groups is 1. The first-order valence-corrected chi connectivity index (χ1v) is 6.81. The number of rotatable bonds is 5. The lowest BCUT2D eigenvalue weighted by atomic mass is 9.95. The zero-order chi connectivity index (χ0) is 18.0. The van der Waals surface area contributed by atoms with Gasteiger partial charge < -0.3 is 19.6 Å². The van der Waals surface area contributed by atoms with E-state index >= 15 is 0 Å². The molecule has 2 rings (SSSR count). The van der Waals surface area contributed by atoms with Gasteiger partial charge in [-0.2, -0.15) is 13.2 Å². The highest BCUT2D eigenvalue weighted by Gasteiger charge is 2.58. The number of alkyl halides is 3. The van der Waals surface area contributed by atoms with Gasteiger partial charge in [0.1, 0.15) is 11.5 Å². The predicted octanol–water partition coefficient (Wildman–Crippen LogP) is 2.77. The minimum Gasteiger partial charge on any atom is -0.481 e. The van der Waals surface area contributed by atoms with Gasteiger partial charge >= 0.3 is 6.18 Å². The number of aliphatic hydroxyl groups is 1. The summed E-state index contributed by atoms with van der Waals surface area (Å²) in [5, 5.41) is 12.3. The molecule has 2 N–H and O–H groups in total. The third-order valence-electron chi connectivity index (χ3n) is 3.26. The molecule has 130 valence electrons. The summed E-state index contributed by atoms with van der Waals surface area (Å²) in [6, 6.07) is 5.11. The van der Waals surface area contributed by atoms with Crippen LogP contribution in [0.4, 0.5) is 18.9 Å². The minimum absolute atomic E-state index is 0.168. The average molecular weight is 344 g/mol. The first kappa shape index (κ1) is 17.8. The maximum Gasteiger partial charge on any atom is 0.425 e.